The first kappa shape index (κ1) is 49.9. The summed E-state index contributed by atoms with van der Waals surface area (Å²) in [4.78, 5) is 88.8. The third-order valence-corrected chi connectivity index (χ3v) is 14.8. The summed E-state index contributed by atoms with van der Waals surface area (Å²) in [5.74, 6) is -1.25. The molecule has 2 saturated heterocycles. The van der Waals surface area contributed by atoms with E-state index in [1.165, 1.54) is 44.7 Å². The molecule has 31 heteroatoms. The number of hydrogen-bond donors (Lipinski definition) is 7. The van der Waals surface area contributed by atoms with E-state index in [1.54, 1.807) is 20.8 Å². The third-order valence-electron chi connectivity index (χ3n) is 9.05. The van der Waals surface area contributed by atoms with Crippen LogP contribution in [0.3, 0.4) is 0 Å². The van der Waals surface area contributed by atoms with Gasteiger partial charge in [-0.2, -0.15) is 4.98 Å². The van der Waals surface area contributed by atoms with Crippen molar-refractivity contribution in [2.24, 2.45) is 5.11 Å². The molecule has 63 heavy (non-hydrogen) atoms. The Bertz CT molecular complexity index is 2310. The van der Waals surface area contributed by atoms with Gasteiger partial charge in [-0.15, -0.1) is 0 Å². The van der Waals surface area contributed by atoms with Gasteiger partial charge in [-0.25, -0.2) is 33.9 Å². The lowest BCUT2D eigenvalue weighted by Gasteiger charge is -2.28. The van der Waals surface area contributed by atoms with E-state index >= 15 is 0 Å². The highest BCUT2D eigenvalue weighted by molar-refractivity contribution is 8.77. The average molecular weight is 967 g/mol. The third kappa shape index (κ3) is 13.5. The summed E-state index contributed by atoms with van der Waals surface area (Å²) in [6.07, 6.45) is -7.41. The van der Waals surface area contributed by atoms with Crippen LogP contribution >= 0.6 is 37.0 Å². The molecule has 5 rings (SSSR count). The first-order valence-electron chi connectivity index (χ1n) is 18.9. The quantitative estimate of drug-likeness (QED) is 0.0226. The summed E-state index contributed by atoms with van der Waals surface area (Å²) in [7, 11) is -7.42. The molecular weight excluding hydrogens is 919 g/mol. The Morgan fingerprint density at radius 2 is 1.81 bits per heavy atom. The molecule has 3 aromatic heterocycles. The van der Waals surface area contributed by atoms with Crippen molar-refractivity contribution in [3.8, 4) is 0 Å². The van der Waals surface area contributed by atoms with Gasteiger partial charge in [0.25, 0.3) is 0 Å². The molecule has 10 atom stereocenters. The number of rotatable bonds is 19. The van der Waals surface area contributed by atoms with Crippen LogP contribution in [0.15, 0.2) is 34.8 Å². The number of ether oxygens (including phenoxy) is 4. The van der Waals surface area contributed by atoms with Crippen LogP contribution in [0.5, 0.6) is 0 Å². The van der Waals surface area contributed by atoms with Crippen molar-refractivity contribution in [2.75, 3.05) is 31.2 Å². The molecule has 0 spiro atoms. The fourth-order valence-electron chi connectivity index (χ4n) is 6.36. The van der Waals surface area contributed by atoms with E-state index < -0.39 is 112 Å². The minimum Gasteiger partial charge on any atom is -0.455 e. The molecule has 0 radical (unpaired) electrons. The second-order valence-corrected chi connectivity index (χ2v) is 21.8. The molecule has 2 aliphatic rings. The number of carbonyl (C=O) groups excluding carboxylic acids is 2. The van der Waals surface area contributed by atoms with Gasteiger partial charge in [0.05, 0.1) is 31.3 Å². The summed E-state index contributed by atoms with van der Waals surface area (Å²) < 4.78 is 61.3. The Hall–Kier alpha value is -4.08. The molecule has 0 aromatic carbocycles. The van der Waals surface area contributed by atoms with Crippen molar-refractivity contribution in [3.63, 3.8) is 0 Å². The van der Waals surface area contributed by atoms with Crippen LogP contribution in [0, 0.1) is 0 Å². The molecule has 1 amide bonds. The Labute approximate surface area is 366 Å². The number of aliphatic hydroxyl groups excluding tert-OH is 1. The highest BCUT2D eigenvalue weighted by Gasteiger charge is 2.52. The maximum atomic E-state index is 14.2. The van der Waals surface area contributed by atoms with E-state index in [4.69, 9.17) is 40.5 Å². The van der Waals surface area contributed by atoms with E-state index in [2.05, 4.69) is 39.8 Å². The van der Waals surface area contributed by atoms with Crippen LogP contribution in [0.2, 0.25) is 0 Å². The average Bonchev–Trinajstić information content (AvgIpc) is 3.89. The second-order valence-electron chi connectivity index (χ2n) is 15.4. The molecule has 2 fully saturated rings. The van der Waals surface area contributed by atoms with Crippen molar-refractivity contribution in [3.05, 3.63) is 45.8 Å². The number of phosphoric acid groups is 1. The zero-order valence-electron chi connectivity index (χ0n) is 34.3. The van der Waals surface area contributed by atoms with Gasteiger partial charge >= 0.3 is 33.2 Å². The van der Waals surface area contributed by atoms with Crippen molar-refractivity contribution in [2.45, 2.75) is 112 Å². The zero-order valence-corrected chi connectivity index (χ0v) is 37.7. The fraction of sp³-hybridized carbons (Fsp3) is 0.656. The first-order chi connectivity index (χ1) is 29.5. The highest BCUT2D eigenvalue weighted by atomic mass is 33.1. The van der Waals surface area contributed by atoms with Crippen LogP contribution in [-0.2, 0) is 41.9 Å². The number of alkyl carbamates (subject to hydrolysis) is 1. The molecule has 3 aromatic rings. The van der Waals surface area contributed by atoms with Gasteiger partial charge in [0.2, 0.25) is 0 Å². The lowest BCUT2D eigenvalue weighted by atomic mass is 10.1. The molecule has 2 aliphatic heterocycles. The Morgan fingerprint density at radius 1 is 1.10 bits per heavy atom. The van der Waals surface area contributed by atoms with Crippen LogP contribution in [-0.4, -0.2) is 133 Å². The molecular formula is C32H48N12O15P2S2. The number of fused-ring (bicyclic) bond motifs is 1. The van der Waals surface area contributed by atoms with Gasteiger partial charge in [-0.1, -0.05) is 40.5 Å². The number of phosphoric ester groups is 1. The molecule has 0 bridgehead atoms. The highest BCUT2D eigenvalue weighted by Crippen LogP contribution is 2.56. The number of esters is 1. The predicted octanol–water partition coefficient (Wildman–Crippen LogP) is 2.14. The molecule has 5 heterocycles. The summed E-state index contributed by atoms with van der Waals surface area (Å²) >= 11 is 0. The maximum absolute atomic E-state index is 14.2. The number of aliphatic hydroxyl groups is 1. The Balaban J connectivity index is 1.46. The summed E-state index contributed by atoms with van der Waals surface area (Å²) in [5, 5.41) is 17.5. The van der Waals surface area contributed by atoms with Crippen molar-refractivity contribution in [1.29, 1.82) is 0 Å². The minimum atomic E-state index is -5.14. The molecule has 0 saturated carbocycles. The number of nitrogen functional groups attached to an aromatic ring is 2. The van der Waals surface area contributed by atoms with E-state index in [1.807, 2.05) is 13.8 Å². The normalized spacial score (nSPS) is 24.7. The van der Waals surface area contributed by atoms with E-state index in [0.717, 1.165) is 10.9 Å². The zero-order chi connectivity index (χ0) is 46.4. The smallest absolute Gasteiger partial charge is 0.455 e. The fourth-order valence-corrected chi connectivity index (χ4v) is 10.6. The van der Waals surface area contributed by atoms with Gasteiger partial charge in [-0.05, 0) is 38.8 Å². The number of aromatic nitrogens is 6. The van der Waals surface area contributed by atoms with Gasteiger partial charge in [0.15, 0.2) is 23.8 Å². The number of nitrogens with zero attached hydrogens (tertiary/aromatic N) is 9. The van der Waals surface area contributed by atoms with Crippen molar-refractivity contribution in [1.82, 2.24) is 34.4 Å². The number of azide groups is 1. The van der Waals surface area contributed by atoms with Gasteiger partial charge < -0.3 is 60.0 Å². The van der Waals surface area contributed by atoms with Crippen LogP contribution in [0.4, 0.5) is 16.4 Å². The topological polar surface area (TPSA) is 396 Å². The van der Waals surface area contributed by atoms with E-state index in [-0.39, 0.29) is 41.0 Å². The lowest BCUT2D eigenvalue weighted by molar-refractivity contribution is -0.159. The van der Waals surface area contributed by atoms with E-state index in [0.29, 0.717) is 0 Å². The van der Waals surface area contributed by atoms with Crippen LogP contribution in [0.25, 0.3) is 21.6 Å². The van der Waals surface area contributed by atoms with Gasteiger partial charge in [0, 0.05) is 34.6 Å². The SMILES string of the molecule is CC(C)SSC(CN=[N+]=[N-])C[C@H](NC(=O)OC(C)(C)C)C(=O)O[C@H]1[C@@H](O)[C@H](n2cnc3c(N)ncnc32)O[C@@H]1COP(=O)(O)[C@H]1C[C@H](n2ccc(N)nc2=O)O[C@@H]1COP(=O)(O)O. The number of imidazole rings is 1. The molecule has 9 N–H and O–H groups in total. The number of nitrogens with two attached hydrogens (primary N) is 2. The minimum absolute atomic E-state index is 0.0125. The predicted molar refractivity (Wildman–Crippen MR) is 224 cm³/mol. The molecule has 348 valence electrons. The first-order valence-corrected chi connectivity index (χ1v) is 24.4. The van der Waals surface area contributed by atoms with Crippen LogP contribution in [0.1, 0.15) is 59.9 Å². The maximum Gasteiger partial charge on any atom is 0.469 e. The van der Waals surface area contributed by atoms with Crippen LogP contribution < -0.4 is 22.5 Å². The number of amides is 1. The van der Waals surface area contributed by atoms with Crippen molar-refractivity contribution >= 4 is 71.9 Å². The number of anilines is 2. The summed E-state index contributed by atoms with van der Waals surface area (Å²) in [6.45, 7) is 6.77. The Morgan fingerprint density at radius 3 is 2.46 bits per heavy atom. The van der Waals surface area contributed by atoms with E-state index in [9.17, 15) is 43.3 Å². The molecule has 0 aliphatic carbocycles. The summed E-state index contributed by atoms with van der Waals surface area (Å²) in [5.41, 5.74) is 17.4. The lowest BCUT2D eigenvalue weighted by Crippen LogP contribution is -2.49. The monoisotopic (exact) mass is 966 g/mol. The van der Waals surface area contributed by atoms with Gasteiger partial charge in [0.1, 0.15) is 47.7 Å². The summed E-state index contributed by atoms with van der Waals surface area (Å²) in [6, 6.07) is -0.220. The number of carbonyl (C=O) groups is 2. The molecule has 2 unspecified atom stereocenters. The number of hydrogen-bond acceptors (Lipinski definition) is 21. The largest absolute Gasteiger partial charge is 0.469 e. The van der Waals surface area contributed by atoms with Crippen molar-refractivity contribution < 1.29 is 66.5 Å². The second kappa shape index (κ2) is 20.8. The number of nitrogens with one attached hydrogen (secondary N) is 1. The Kier molecular flexibility index (Phi) is 16.5. The standard InChI is InChI=1S/C32H48N12O15P2S2/c1-15(2)62-63-16(10-39-42-35)8-17(40-31(48)59-32(3,4)5)29(46)58-25-19(57-28(24(25)45)44-14-38-23-26(34)36-13-37-27(23)44)12-54-60(49,50)20-9-22(43-7-6-21(33)41-30(43)47)56-18(20)11-55-61(51,52)53/h6-7,13-20,22,24-25,28,45H,8-12H2,1-5H3,(H,40,48)(H,49,50)(H2,33,41,47)(H2,34,36,37)(H2,51,52,53)/t16?,17-,18+,19+,20-,22+,24+,25+,28+/m0/s1. The van der Waals surface area contributed by atoms with Gasteiger partial charge in [-0.3, -0.25) is 18.2 Å². The molecule has 27 nitrogen and oxygen atoms in total.